The van der Waals surface area contributed by atoms with Crippen molar-refractivity contribution < 1.29 is 14.6 Å². The lowest BCUT2D eigenvalue weighted by atomic mass is 9.92. The number of likely N-dealkylation sites (tertiary alicyclic amines) is 1. The number of carboxylic acid groups (broad SMARTS) is 1. The van der Waals surface area contributed by atoms with Gasteiger partial charge in [-0.3, -0.25) is 9.69 Å². The molecule has 1 aromatic carbocycles. The molecule has 1 unspecified atom stereocenters. The summed E-state index contributed by atoms with van der Waals surface area (Å²) >= 11 is 0. The Kier molecular flexibility index (Phi) is 4.33. The van der Waals surface area contributed by atoms with Gasteiger partial charge < -0.3 is 9.84 Å². The summed E-state index contributed by atoms with van der Waals surface area (Å²) in [5.41, 5.74) is 1.51. The zero-order valence-electron chi connectivity index (χ0n) is 12.5. The van der Waals surface area contributed by atoms with Crippen molar-refractivity contribution in [2.45, 2.75) is 45.2 Å². The van der Waals surface area contributed by atoms with Crippen LogP contribution in [0.3, 0.4) is 0 Å². The zero-order valence-corrected chi connectivity index (χ0v) is 12.5. The molecule has 0 aromatic heterocycles. The number of nitrogens with zero attached hydrogens (tertiary/aromatic N) is 1. The van der Waals surface area contributed by atoms with Gasteiger partial charge in [0, 0.05) is 12.1 Å². The maximum Gasteiger partial charge on any atom is 0.324 e. The van der Waals surface area contributed by atoms with E-state index in [2.05, 4.69) is 11.0 Å². The van der Waals surface area contributed by atoms with Crippen LogP contribution in [-0.2, 0) is 11.3 Å². The molecular formula is C16H23NO3. The Morgan fingerprint density at radius 3 is 2.85 bits per heavy atom. The summed E-state index contributed by atoms with van der Waals surface area (Å²) in [7, 11) is 1.66. The monoisotopic (exact) mass is 277 g/mol. The fraction of sp³-hybridized carbons (Fsp3) is 0.562. The van der Waals surface area contributed by atoms with E-state index in [1.807, 2.05) is 26.0 Å². The lowest BCUT2D eigenvalue weighted by Gasteiger charge is -2.34. The minimum absolute atomic E-state index is 0.630. The zero-order chi connectivity index (χ0) is 14.8. The molecule has 4 nitrogen and oxygen atoms in total. The van der Waals surface area contributed by atoms with E-state index in [1.54, 1.807) is 7.11 Å². The first kappa shape index (κ1) is 14.9. The lowest BCUT2D eigenvalue weighted by Crippen LogP contribution is -2.49. The standard InChI is InChI=1S/C16H23NO3/c1-4-16(15(18)19)8-5-9-17(16)11-13-10-12(2)6-7-14(13)20-3/h6-7,10H,4-5,8-9,11H2,1-3H3,(H,18,19). The minimum atomic E-state index is -0.714. The molecule has 1 saturated heterocycles. The van der Waals surface area contributed by atoms with E-state index in [9.17, 15) is 9.90 Å². The van der Waals surface area contributed by atoms with Gasteiger partial charge in [0.05, 0.1) is 7.11 Å². The van der Waals surface area contributed by atoms with Crippen molar-refractivity contribution in [3.63, 3.8) is 0 Å². The lowest BCUT2D eigenvalue weighted by molar-refractivity contribution is -0.150. The van der Waals surface area contributed by atoms with Gasteiger partial charge in [-0.15, -0.1) is 0 Å². The predicted molar refractivity (Wildman–Crippen MR) is 78.0 cm³/mol. The summed E-state index contributed by atoms with van der Waals surface area (Å²) in [5.74, 6) is 0.127. The number of aryl methyl sites for hydroxylation is 1. The van der Waals surface area contributed by atoms with Gasteiger partial charge in [-0.05, 0) is 38.8 Å². The first-order valence-corrected chi connectivity index (χ1v) is 7.15. The Balaban J connectivity index is 2.29. The molecule has 1 fully saturated rings. The quantitative estimate of drug-likeness (QED) is 0.899. The molecule has 0 aliphatic carbocycles. The molecule has 2 rings (SSSR count). The van der Waals surface area contributed by atoms with Gasteiger partial charge in [0.2, 0.25) is 0 Å². The molecule has 110 valence electrons. The molecule has 0 radical (unpaired) electrons. The fourth-order valence-corrected chi connectivity index (χ4v) is 3.20. The van der Waals surface area contributed by atoms with Crippen molar-refractivity contribution in [2.75, 3.05) is 13.7 Å². The van der Waals surface area contributed by atoms with Gasteiger partial charge in [-0.1, -0.05) is 24.6 Å². The summed E-state index contributed by atoms with van der Waals surface area (Å²) in [6, 6.07) is 6.05. The van der Waals surface area contributed by atoms with Crippen LogP contribution in [0.1, 0.15) is 37.3 Å². The van der Waals surface area contributed by atoms with Crippen molar-refractivity contribution in [1.29, 1.82) is 0 Å². The Labute approximate surface area is 120 Å². The molecule has 4 heteroatoms. The van der Waals surface area contributed by atoms with Gasteiger partial charge in [0.25, 0.3) is 0 Å². The molecule has 1 atom stereocenters. The highest BCUT2D eigenvalue weighted by Gasteiger charge is 2.46. The van der Waals surface area contributed by atoms with E-state index < -0.39 is 11.5 Å². The number of rotatable bonds is 5. The van der Waals surface area contributed by atoms with Gasteiger partial charge in [0.1, 0.15) is 11.3 Å². The highest BCUT2D eigenvalue weighted by atomic mass is 16.5. The minimum Gasteiger partial charge on any atom is -0.496 e. The Morgan fingerprint density at radius 1 is 1.50 bits per heavy atom. The Hall–Kier alpha value is -1.55. The van der Waals surface area contributed by atoms with E-state index in [1.165, 1.54) is 0 Å². The second-order valence-electron chi connectivity index (χ2n) is 5.53. The Morgan fingerprint density at radius 2 is 2.25 bits per heavy atom. The van der Waals surface area contributed by atoms with E-state index >= 15 is 0 Å². The predicted octanol–water partition coefficient (Wildman–Crippen LogP) is 2.83. The maximum atomic E-state index is 11.7. The first-order chi connectivity index (χ1) is 9.53. The highest BCUT2D eigenvalue weighted by Crippen LogP contribution is 2.35. The number of carbonyl (C=O) groups is 1. The smallest absolute Gasteiger partial charge is 0.324 e. The molecule has 1 N–H and O–H groups in total. The number of carboxylic acids is 1. The first-order valence-electron chi connectivity index (χ1n) is 7.15. The van der Waals surface area contributed by atoms with Crippen LogP contribution in [-0.4, -0.2) is 35.2 Å². The SMILES string of the molecule is CCC1(C(=O)O)CCCN1Cc1cc(C)ccc1OC. The van der Waals surface area contributed by atoms with Crippen molar-refractivity contribution >= 4 is 5.97 Å². The van der Waals surface area contributed by atoms with Gasteiger partial charge in [-0.2, -0.15) is 0 Å². The summed E-state index contributed by atoms with van der Waals surface area (Å²) in [6.07, 6.45) is 2.30. The van der Waals surface area contributed by atoms with Crippen LogP contribution in [0, 0.1) is 6.92 Å². The van der Waals surface area contributed by atoms with Gasteiger partial charge in [0.15, 0.2) is 0 Å². The summed E-state index contributed by atoms with van der Waals surface area (Å²) in [4.78, 5) is 13.8. The number of hydrogen-bond acceptors (Lipinski definition) is 3. The summed E-state index contributed by atoms with van der Waals surface area (Å²) in [6.45, 7) is 5.46. The van der Waals surface area contributed by atoms with Crippen LogP contribution in [0.15, 0.2) is 18.2 Å². The normalized spacial score (nSPS) is 22.9. The third-order valence-corrected chi connectivity index (χ3v) is 4.40. The van der Waals surface area contributed by atoms with Crippen LogP contribution in [0.4, 0.5) is 0 Å². The molecule has 0 amide bonds. The third-order valence-electron chi connectivity index (χ3n) is 4.40. The van der Waals surface area contributed by atoms with Crippen LogP contribution in [0.5, 0.6) is 5.75 Å². The van der Waals surface area contributed by atoms with Crippen LogP contribution in [0.25, 0.3) is 0 Å². The summed E-state index contributed by atoms with van der Waals surface area (Å²) in [5, 5.41) is 9.62. The van der Waals surface area contributed by atoms with Gasteiger partial charge in [-0.25, -0.2) is 0 Å². The van der Waals surface area contributed by atoms with E-state index in [0.29, 0.717) is 13.0 Å². The van der Waals surface area contributed by atoms with Crippen molar-refractivity contribution in [2.24, 2.45) is 0 Å². The summed E-state index contributed by atoms with van der Waals surface area (Å²) < 4.78 is 5.40. The number of benzene rings is 1. The largest absolute Gasteiger partial charge is 0.496 e. The maximum absolute atomic E-state index is 11.7. The van der Waals surface area contributed by atoms with Crippen LogP contribution >= 0.6 is 0 Å². The molecule has 1 aromatic rings. The third kappa shape index (κ3) is 2.52. The van der Waals surface area contributed by atoms with Crippen LogP contribution in [0.2, 0.25) is 0 Å². The number of methoxy groups -OCH3 is 1. The second-order valence-corrected chi connectivity index (χ2v) is 5.53. The van der Waals surface area contributed by atoms with Crippen molar-refractivity contribution in [3.8, 4) is 5.75 Å². The average molecular weight is 277 g/mol. The van der Waals surface area contributed by atoms with Crippen molar-refractivity contribution in [3.05, 3.63) is 29.3 Å². The molecule has 1 heterocycles. The molecule has 0 saturated carbocycles. The van der Waals surface area contributed by atoms with E-state index in [4.69, 9.17) is 4.74 Å². The number of ether oxygens (including phenoxy) is 1. The molecule has 0 spiro atoms. The molecule has 1 aliphatic rings. The Bertz CT molecular complexity index is 500. The molecule has 1 aliphatic heterocycles. The van der Waals surface area contributed by atoms with Gasteiger partial charge >= 0.3 is 5.97 Å². The number of aliphatic carboxylic acids is 1. The van der Waals surface area contributed by atoms with E-state index in [0.717, 1.165) is 36.3 Å². The topological polar surface area (TPSA) is 49.8 Å². The second kappa shape index (κ2) is 5.83. The van der Waals surface area contributed by atoms with E-state index in [-0.39, 0.29) is 0 Å². The number of hydrogen-bond donors (Lipinski definition) is 1. The highest BCUT2D eigenvalue weighted by molar-refractivity contribution is 5.79. The molecular weight excluding hydrogens is 254 g/mol. The fourth-order valence-electron chi connectivity index (χ4n) is 3.20. The van der Waals surface area contributed by atoms with Crippen molar-refractivity contribution in [1.82, 2.24) is 4.90 Å². The average Bonchev–Trinajstić information content (AvgIpc) is 2.83. The molecule has 0 bridgehead atoms. The van der Waals surface area contributed by atoms with Crippen LogP contribution < -0.4 is 4.74 Å². The molecule has 20 heavy (non-hydrogen) atoms.